The number of fused-ring (bicyclic) bond motifs is 1. The minimum Gasteiger partial charge on any atom is -0.406 e. The third-order valence-electron chi connectivity index (χ3n) is 2.73. The summed E-state index contributed by atoms with van der Waals surface area (Å²) < 4.78 is 40.7. The summed E-state index contributed by atoms with van der Waals surface area (Å²) in [6.07, 6.45) is -3.10. The molecule has 0 radical (unpaired) electrons. The van der Waals surface area contributed by atoms with Crippen LogP contribution in [0.2, 0.25) is 5.28 Å². The first-order valence-electron chi connectivity index (χ1n) is 5.79. The van der Waals surface area contributed by atoms with E-state index in [1.165, 1.54) is 18.2 Å². The first kappa shape index (κ1) is 13.7. The Balaban J connectivity index is 2.10. The summed E-state index contributed by atoms with van der Waals surface area (Å²) in [7, 11) is 0. The lowest BCUT2D eigenvalue weighted by Gasteiger charge is -2.10. The van der Waals surface area contributed by atoms with Gasteiger partial charge in [0.05, 0.1) is 5.69 Å². The quantitative estimate of drug-likeness (QED) is 0.722. The highest BCUT2D eigenvalue weighted by Crippen LogP contribution is 2.31. The summed E-state index contributed by atoms with van der Waals surface area (Å²) in [5, 5.41) is 0.658. The summed E-state index contributed by atoms with van der Waals surface area (Å²) in [6.45, 7) is 0. The van der Waals surface area contributed by atoms with Crippen LogP contribution < -0.4 is 4.74 Å². The average Bonchev–Trinajstić information content (AvgIpc) is 2.84. The Kier molecular flexibility index (Phi) is 3.21. The van der Waals surface area contributed by atoms with Crippen molar-refractivity contribution in [3.8, 4) is 17.0 Å². The number of aromatic amines is 1. The summed E-state index contributed by atoms with van der Waals surface area (Å²) >= 11 is 5.82. The fourth-order valence-corrected chi connectivity index (χ4v) is 2.14. The Labute approximate surface area is 121 Å². The maximum Gasteiger partial charge on any atom is 0.573 e. The molecular formula is C13H7ClF3N3O. The summed E-state index contributed by atoms with van der Waals surface area (Å²) in [5.41, 5.74) is 1.39. The minimum atomic E-state index is -4.74. The van der Waals surface area contributed by atoms with E-state index in [1.807, 2.05) is 0 Å². The van der Waals surface area contributed by atoms with Crippen molar-refractivity contribution in [1.82, 2.24) is 15.0 Å². The fourth-order valence-electron chi connectivity index (χ4n) is 1.97. The van der Waals surface area contributed by atoms with Crippen LogP contribution >= 0.6 is 11.6 Å². The lowest BCUT2D eigenvalue weighted by Crippen LogP contribution is -2.17. The van der Waals surface area contributed by atoms with Crippen molar-refractivity contribution in [2.45, 2.75) is 6.36 Å². The molecule has 21 heavy (non-hydrogen) atoms. The van der Waals surface area contributed by atoms with Crippen LogP contribution in [0, 0.1) is 0 Å². The predicted octanol–water partition coefficient (Wildman–Crippen LogP) is 4.18. The van der Waals surface area contributed by atoms with Crippen molar-refractivity contribution in [3.05, 3.63) is 41.8 Å². The Morgan fingerprint density at radius 2 is 1.95 bits per heavy atom. The molecule has 0 aliphatic carbocycles. The first-order valence-corrected chi connectivity index (χ1v) is 6.17. The van der Waals surface area contributed by atoms with Crippen molar-refractivity contribution in [1.29, 1.82) is 0 Å². The Morgan fingerprint density at radius 1 is 1.14 bits per heavy atom. The van der Waals surface area contributed by atoms with Crippen molar-refractivity contribution < 1.29 is 17.9 Å². The van der Waals surface area contributed by atoms with Crippen LogP contribution in [-0.4, -0.2) is 21.3 Å². The van der Waals surface area contributed by atoms with Gasteiger partial charge < -0.3 is 9.72 Å². The molecule has 0 bridgehead atoms. The van der Waals surface area contributed by atoms with Crippen molar-refractivity contribution in [3.63, 3.8) is 0 Å². The fraction of sp³-hybridized carbons (Fsp3) is 0.0769. The molecule has 0 amide bonds. The van der Waals surface area contributed by atoms with Crippen molar-refractivity contribution in [2.75, 3.05) is 0 Å². The smallest absolute Gasteiger partial charge is 0.406 e. The first-order chi connectivity index (χ1) is 9.92. The SMILES string of the molecule is FC(F)(F)Oc1cccc(-c2nc(Cl)nc3[nH]ccc23)c1. The van der Waals surface area contributed by atoms with Gasteiger partial charge in [-0.2, -0.15) is 4.98 Å². The molecular weight excluding hydrogens is 307 g/mol. The number of aromatic nitrogens is 3. The monoisotopic (exact) mass is 313 g/mol. The highest BCUT2D eigenvalue weighted by Gasteiger charge is 2.31. The number of H-pyrrole nitrogens is 1. The molecule has 2 heterocycles. The van der Waals surface area contributed by atoms with E-state index < -0.39 is 6.36 Å². The van der Waals surface area contributed by atoms with E-state index in [1.54, 1.807) is 18.3 Å². The summed E-state index contributed by atoms with van der Waals surface area (Å²) in [4.78, 5) is 10.9. The Morgan fingerprint density at radius 3 is 2.71 bits per heavy atom. The minimum absolute atomic E-state index is 0.00194. The molecule has 108 valence electrons. The van der Waals surface area contributed by atoms with Gasteiger partial charge in [-0.1, -0.05) is 12.1 Å². The van der Waals surface area contributed by atoms with Gasteiger partial charge in [-0.15, -0.1) is 13.2 Å². The third kappa shape index (κ3) is 2.92. The zero-order valence-corrected chi connectivity index (χ0v) is 11.0. The standard InChI is InChI=1S/C13H7ClF3N3O/c14-12-19-10(9-4-5-18-11(9)20-12)7-2-1-3-8(6-7)21-13(15,16)17/h1-6H,(H,18,19,20). The zero-order chi connectivity index (χ0) is 15.0. The van der Waals surface area contributed by atoms with E-state index >= 15 is 0 Å². The number of ether oxygens (including phenoxy) is 1. The molecule has 3 rings (SSSR count). The molecule has 1 N–H and O–H groups in total. The highest BCUT2D eigenvalue weighted by atomic mass is 35.5. The third-order valence-corrected chi connectivity index (χ3v) is 2.90. The van der Waals surface area contributed by atoms with Gasteiger partial charge in [0.2, 0.25) is 5.28 Å². The number of hydrogen-bond donors (Lipinski definition) is 1. The number of halogens is 4. The summed E-state index contributed by atoms with van der Waals surface area (Å²) in [6, 6.07) is 7.25. The number of hydrogen-bond acceptors (Lipinski definition) is 3. The topological polar surface area (TPSA) is 50.8 Å². The second-order valence-corrected chi connectivity index (χ2v) is 4.49. The molecule has 2 aromatic heterocycles. The van der Waals surface area contributed by atoms with E-state index in [0.29, 0.717) is 22.3 Å². The van der Waals surface area contributed by atoms with Gasteiger partial charge in [-0.05, 0) is 29.8 Å². The van der Waals surface area contributed by atoms with Gasteiger partial charge in [0.15, 0.2) is 0 Å². The molecule has 0 atom stereocenters. The van der Waals surface area contributed by atoms with Gasteiger partial charge in [0.25, 0.3) is 0 Å². The second-order valence-electron chi connectivity index (χ2n) is 4.16. The molecule has 0 unspecified atom stereocenters. The van der Waals surface area contributed by atoms with Crippen LogP contribution in [0.1, 0.15) is 0 Å². The van der Waals surface area contributed by atoms with E-state index in [-0.39, 0.29) is 11.0 Å². The van der Waals surface area contributed by atoms with Gasteiger partial charge in [-0.3, -0.25) is 0 Å². The van der Waals surface area contributed by atoms with E-state index in [2.05, 4.69) is 19.7 Å². The van der Waals surface area contributed by atoms with Gasteiger partial charge >= 0.3 is 6.36 Å². The lowest BCUT2D eigenvalue weighted by atomic mass is 10.1. The molecule has 0 aliphatic heterocycles. The largest absolute Gasteiger partial charge is 0.573 e. The highest BCUT2D eigenvalue weighted by molar-refractivity contribution is 6.28. The second kappa shape index (κ2) is 4.92. The zero-order valence-electron chi connectivity index (χ0n) is 10.3. The van der Waals surface area contributed by atoms with Crippen LogP contribution in [0.15, 0.2) is 36.5 Å². The number of nitrogens with zero attached hydrogens (tertiary/aromatic N) is 2. The number of benzene rings is 1. The molecule has 0 spiro atoms. The van der Waals surface area contributed by atoms with E-state index in [0.717, 1.165) is 0 Å². The predicted molar refractivity (Wildman–Crippen MR) is 71.0 cm³/mol. The van der Waals surface area contributed by atoms with Crippen LogP contribution in [0.5, 0.6) is 5.75 Å². The average molecular weight is 314 g/mol. The van der Waals surface area contributed by atoms with Gasteiger partial charge in [0.1, 0.15) is 11.4 Å². The molecule has 0 saturated heterocycles. The molecule has 1 aromatic carbocycles. The van der Waals surface area contributed by atoms with Crippen molar-refractivity contribution in [2.24, 2.45) is 0 Å². The summed E-state index contributed by atoms with van der Waals surface area (Å²) in [5.74, 6) is -0.321. The maximum absolute atomic E-state index is 12.3. The lowest BCUT2D eigenvalue weighted by molar-refractivity contribution is -0.274. The van der Waals surface area contributed by atoms with Crippen molar-refractivity contribution >= 4 is 22.6 Å². The van der Waals surface area contributed by atoms with E-state index in [9.17, 15) is 13.2 Å². The van der Waals surface area contributed by atoms with Crippen LogP contribution in [0.3, 0.4) is 0 Å². The molecule has 0 aliphatic rings. The molecule has 3 aromatic rings. The Bertz CT molecular complexity index is 801. The number of nitrogens with one attached hydrogen (secondary N) is 1. The molecule has 4 nitrogen and oxygen atoms in total. The van der Waals surface area contributed by atoms with Crippen LogP contribution in [0.25, 0.3) is 22.3 Å². The van der Waals surface area contributed by atoms with Gasteiger partial charge in [0, 0.05) is 17.1 Å². The normalized spacial score (nSPS) is 11.8. The Hall–Kier alpha value is -2.28. The van der Waals surface area contributed by atoms with E-state index in [4.69, 9.17) is 11.6 Å². The number of alkyl halides is 3. The van der Waals surface area contributed by atoms with Crippen LogP contribution in [0.4, 0.5) is 13.2 Å². The molecule has 8 heteroatoms. The molecule has 0 fully saturated rings. The number of rotatable bonds is 2. The maximum atomic E-state index is 12.3. The molecule has 0 saturated carbocycles. The van der Waals surface area contributed by atoms with Gasteiger partial charge in [-0.25, -0.2) is 4.98 Å². The van der Waals surface area contributed by atoms with Crippen LogP contribution in [-0.2, 0) is 0 Å².